The summed E-state index contributed by atoms with van der Waals surface area (Å²) in [6.45, 7) is 2.53. The average Bonchev–Trinajstić information content (AvgIpc) is 3.16. The van der Waals surface area contributed by atoms with Gasteiger partial charge in [0.1, 0.15) is 28.6 Å². The summed E-state index contributed by atoms with van der Waals surface area (Å²) in [5.41, 5.74) is 3.13. The van der Waals surface area contributed by atoms with Crippen LogP contribution in [0.2, 0.25) is 0 Å². The van der Waals surface area contributed by atoms with E-state index in [4.69, 9.17) is 9.47 Å². The Bertz CT molecular complexity index is 1210. The Morgan fingerprint density at radius 2 is 2.00 bits per heavy atom. The number of aromatic nitrogens is 1. The number of carbonyl (C=O) groups is 1. The fraction of sp³-hybridized carbons (Fsp3) is 0.227. The van der Waals surface area contributed by atoms with Crippen molar-refractivity contribution in [1.29, 1.82) is 0 Å². The Balaban J connectivity index is 1.70. The van der Waals surface area contributed by atoms with E-state index in [9.17, 15) is 15.0 Å². The molecule has 2 aliphatic heterocycles. The van der Waals surface area contributed by atoms with Crippen molar-refractivity contribution in [1.82, 2.24) is 9.47 Å². The number of likely N-dealkylation sites (N-methyl/N-ethyl adjacent to an activating group) is 1. The number of carbonyl (C=O) groups excluding carboxylic acids is 1. The molecule has 0 atom stereocenters. The number of allylic oxidation sites excluding steroid dienone is 1. The van der Waals surface area contributed by atoms with Crippen molar-refractivity contribution in [2.75, 3.05) is 20.7 Å². The molecular formula is C22H20N2O5. The lowest BCUT2D eigenvalue weighted by Crippen LogP contribution is -2.30. The topological polar surface area (TPSA) is 84.2 Å². The molecule has 7 nitrogen and oxygen atoms in total. The number of phenols is 2. The molecule has 2 N–H and O–H groups in total. The summed E-state index contributed by atoms with van der Waals surface area (Å²) in [4.78, 5) is 15.1. The molecule has 3 heterocycles. The van der Waals surface area contributed by atoms with E-state index >= 15 is 0 Å². The number of hydrogen-bond donors (Lipinski definition) is 2. The Labute approximate surface area is 167 Å². The van der Waals surface area contributed by atoms with Gasteiger partial charge in [-0.25, -0.2) is 0 Å². The summed E-state index contributed by atoms with van der Waals surface area (Å²) in [5.74, 6) is 0.153. The molecule has 0 aliphatic carbocycles. The Hall–Kier alpha value is -3.45. The van der Waals surface area contributed by atoms with Crippen LogP contribution in [0, 0.1) is 0 Å². The molecule has 5 rings (SSSR count). The van der Waals surface area contributed by atoms with Gasteiger partial charge in [-0.15, -0.1) is 0 Å². The summed E-state index contributed by atoms with van der Waals surface area (Å²) in [7, 11) is 3.69. The molecule has 0 saturated heterocycles. The second kappa shape index (κ2) is 6.28. The quantitative estimate of drug-likeness (QED) is 0.652. The maximum Gasteiger partial charge on any atom is 0.235 e. The lowest BCUT2D eigenvalue weighted by atomic mass is 10.1. The van der Waals surface area contributed by atoms with Gasteiger partial charge in [0.25, 0.3) is 0 Å². The summed E-state index contributed by atoms with van der Waals surface area (Å²) >= 11 is 0. The lowest BCUT2D eigenvalue weighted by Gasteiger charge is -2.25. The second-order valence-electron chi connectivity index (χ2n) is 7.41. The van der Waals surface area contributed by atoms with Crippen LogP contribution in [0.4, 0.5) is 0 Å². The molecule has 0 amide bonds. The van der Waals surface area contributed by atoms with Gasteiger partial charge in [0.05, 0.1) is 7.11 Å². The minimum absolute atomic E-state index is 0.0705. The van der Waals surface area contributed by atoms with Gasteiger partial charge in [0.15, 0.2) is 5.76 Å². The van der Waals surface area contributed by atoms with E-state index in [1.54, 1.807) is 13.2 Å². The largest absolute Gasteiger partial charge is 0.508 e. The van der Waals surface area contributed by atoms with Crippen LogP contribution in [0.25, 0.3) is 17.0 Å². The summed E-state index contributed by atoms with van der Waals surface area (Å²) in [5, 5.41) is 20.8. The van der Waals surface area contributed by atoms with E-state index in [0.29, 0.717) is 0 Å². The van der Waals surface area contributed by atoms with Gasteiger partial charge in [-0.1, -0.05) is 0 Å². The molecule has 0 unspecified atom stereocenters. The van der Waals surface area contributed by atoms with Crippen molar-refractivity contribution in [3.63, 3.8) is 0 Å². The molecule has 0 spiro atoms. The average molecular weight is 392 g/mol. The summed E-state index contributed by atoms with van der Waals surface area (Å²) in [6, 6.07) is 8.39. The first kappa shape index (κ1) is 17.6. The van der Waals surface area contributed by atoms with Crippen molar-refractivity contribution in [2.45, 2.75) is 13.1 Å². The van der Waals surface area contributed by atoms with Crippen LogP contribution in [0.15, 0.2) is 36.1 Å². The maximum atomic E-state index is 12.9. The summed E-state index contributed by atoms with van der Waals surface area (Å²) < 4.78 is 13.4. The smallest absolute Gasteiger partial charge is 0.235 e. The van der Waals surface area contributed by atoms with E-state index in [1.807, 2.05) is 18.2 Å². The molecule has 1 aromatic heterocycles. The normalized spacial score (nSPS) is 17.4. The summed E-state index contributed by atoms with van der Waals surface area (Å²) in [6.07, 6.45) is 1.73. The van der Waals surface area contributed by atoms with Gasteiger partial charge in [-0.05, 0) is 31.3 Å². The van der Waals surface area contributed by atoms with Crippen molar-refractivity contribution < 1.29 is 24.5 Å². The Morgan fingerprint density at radius 3 is 2.79 bits per heavy atom. The highest BCUT2D eigenvalue weighted by molar-refractivity contribution is 6.17. The molecule has 148 valence electrons. The Morgan fingerprint density at radius 1 is 1.17 bits per heavy atom. The highest BCUT2D eigenvalue weighted by Gasteiger charge is 2.32. The molecule has 0 fully saturated rings. The fourth-order valence-corrected chi connectivity index (χ4v) is 4.14. The van der Waals surface area contributed by atoms with Gasteiger partial charge in [-0.3, -0.25) is 9.69 Å². The van der Waals surface area contributed by atoms with E-state index in [1.165, 1.54) is 6.07 Å². The molecule has 0 radical (unpaired) electrons. The SMILES string of the molecule is COc1ccc2c(c1)c(C=C1Oc3cc(O)cc(O)c3C1=O)c1n2CCN(C)C1. The van der Waals surface area contributed by atoms with Crippen LogP contribution in [0.5, 0.6) is 23.0 Å². The lowest BCUT2D eigenvalue weighted by molar-refractivity contribution is 0.101. The minimum atomic E-state index is -0.405. The van der Waals surface area contributed by atoms with E-state index in [2.05, 4.69) is 16.5 Å². The third-order valence-electron chi connectivity index (χ3n) is 5.56. The van der Waals surface area contributed by atoms with E-state index in [0.717, 1.165) is 53.6 Å². The molecule has 29 heavy (non-hydrogen) atoms. The molecule has 2 aromatic carbocycles. The number of hydrogen-bond acceptors (Lipinski definition) is 6. The maximum absolute atomic E-state index is 12.9. The number of Topliss-reactive ketones (excluding diaryl/α,β-unsaturated/α-hetero) is 1. The van der Waals surface area contributed by atoms with Crippen LogP contribution in [-0.4, -0.2) is 46.2 Å². The molecule has 0 saturated carbocycles. The molecule has 3 aromatic rings. The van der Waals surface area contributed by atoms with Crippen LogP contribution in [-0.2, 0) is 13.1 Å². The van der Waals surface area contributed by atoms with Crippen LogP contribution in [0.3, 0.4) is 0 Å². The molecule has 2 aliphatic rings. The predicted octanol–water partition coefficient (Wildman–Crippen LogP) is 3.12. The first-order valence-electron chi connectivity index (χ1n) is 9.34. The van der Waals surface area contributed by atoms with Crippen molar-refractivity contribution in [3.8, 4) is 23.0 Å². The number of rotatable bonds is 2. The van der Waals surface area contributed by atoms with Crippen molar-refractivity contribution >= 4 is 22.8 Å². The zero-order valence-electron chi connectivity index (χ0n) is 16.1. The van der Waals surface area contributed by atoms with Crippen LogP contribution < -0.4 is 9.47 Å². The van der Waals surface area contributed by atoms with Gasteiger partial charge in [-0.2, -0.15) is 0 Å². The highest BCUT2D eigenvalue weighted by Crippen LogP contribution is 2.42. The Kier molecular flexibility index (Phi) is 3.82. The number of aromatic hydroxyl groups is 2. The highest BCUT2D eigenvalue weighted by atomic mass is 16.5. The van der Waals surface area contributed by atoms with Gasteiger partial charge in [0.2, 0.25) is 5.78 Å². The zero-order chi connectivity index (χ0) is 20.3. The number of nitrogens with zero attached hydrogens (tertiary/aromatic N) is 2. The minimum Gasteiger partial charge on any atom is -0.508 e. The molecular weight excluding hydrogens is 372 g/mol. The standard InChI is InChI=1S/C22H20N2O5/c1-23-5-6-24-16-4-3-13(28-2)9-14(16)15(17(24)11-23)10-20-22(27)21-18(26)7-12(25)8-19(21)29-20/h3-4,7-10,25-26H,5-6,11H2,1-2H3. The molecule has 0 bridgehead atoms. The zero-order valence-corrected chi connectivity index (χ0v) is 16.1. The number of phenolic OH excluding ortho intramolecular Hbond substituents is 2. The van der Waals surface area contributed by atoms with Crippen molar-refractivity contribution in [3.05, 3.63) is 52.9 Å². The predicted molar refractivity (Wildman–Crippen MR) is 108 cm³/mol. The number of ether oxygens (including phenoxy) is 2. The number of fused-ring (bicyclic) bond motifs is 4. The van der Waals surface area contributed by atoms with Crippen molar-refractivity contribution in [2.24, 2.45) is 0 Å². The van der Waals surface area contributed by atoms with Gasteiger partial charge >= 0.3 is 0 Å². The molecule has 7 heteroatoms. The number of benzene rings is 2. The van der Waals surface area contributed by atoms with Gasteiger partial charge < -0.3 is 24.3 Å². The first-order valence-corrected chi connectivity index (χ1v) is 9.34. The fourth-order valence-electron chi connectivity index (χ4n) is 4.14. The second-order valence-corrected chi connectivity index (χ2v) is 7.41. The third kappa shape index (κ3) is 2.66. The first-order chi connectivity index (χ1) is 14.0. The van der Waals surface area contributed by atoms with Crippen LogP contribution >= 0.6 is 0 Å². The van der Waals surface area contributed by atoms with E-state index < -0.39 is 5.78 Å². The third-order valence-corrected chi connectivity index (χ3v) is 5.56. The number of methoxy groups -OCH3 is 1. The van der Waals surface area contributed by atoms with Gasteiger partial charge in [0, 0.05) is 53.9 Å². The number of ketones is 1. The van der Waals surface area contributed by atoms with Crippen LogP contribution in [0.1, 0.15) is 21.6 Å². The monoisotopic (exact) mass is 392 g/mol. The van der Waals surface area contributed by atoms with E-state index in [-0.39, 0.29) is 28.6 Å².